The van der Waals surface area contributed by atoms with Crippen LogP contribution in [0.1, 0.15) is 62.9 Å². The summed E-state index contributed by atoms with van der Waals surface area (Å²) in [6, 6.07) is 9.39. The molecule has 0 spiro atoms. The molecule has 3 aromatic heterocycles. The van der Waals surface area contributed by atoms with Crippen molar-refractivity contribution >= 4 is 29.7 Å². The molecule has 0 radical (unpaired) electrons. The smallest absolute Gasteiger partial charge is 0.374 e. The first-order valence-corrected chi connectivity index (χ1v) is 12.2. The number of imidazole rings is 1. The Labute approximate surface area is 224 Å². The second kappa shape index (κ2) is 11.6. The molecule has 6 N–H and O–H groups in total. The standard InChI is InChI=1S/C26H27N7O3.CH2O2/c1-14-7-18(24(27)28)8-15(2)20(14)10-29-21-9-23(32-25(31-21)26(34)35)36-13-19-12-33-11-17(16-3-4-16)5-6-22(33)30-19;2-1-3/h5-9,11-12,16H,3-4,10,13H2,1-2H3,(H3,27,28)(H,34,35)(H,29,31,32);1H,(H,2,3). The largest absolute Gasteiger partial charge is 0.483 e. The van der Waals surface area contributed by atoms with Crippen molar-refractivity contribution in [2.24, 2.45) is 5.73 Å². The minimum Gasteiger partial charge on any atom is -0.483 e. The summed E-state index contributed by atoms with van der Waals surface area (Å²) in [5, 5.41) is 27.2. The number of ether oxygens (including phenoxy) is 1. The van der Waals surface area contributed by atoms with Crippen LogP contribution in [0.15, 0.2) is 42.7 Å². The van der Waals surface area contributed by atoms with Gasteiger partial charge in [-0.25, -0.2) is 14.8 Å². The number of anilines is 1. The van der Waals surface area contributed by atoms with Crippen LogP contribution in [0.25, 0.3) is 5.65 Å². The van der Waals surface area contributed by atoms with Gasteiger partial charge in [0.25, 0.3) is 6.47 Å². The zero-order valence-electron chi connectivity index (χ0n) is 21.5. The maximum absolute atomic E-state index is 11.6. The predicted molar refractivity (Wildman–Crippen MR) is 143 cm³/mol. The minimum absolute atomic E-state index is 0.0124. The van der Waals surface area contributed by atoms with Crippen molar-refractivity contribution in [1.29, 1.82) is 5.41 Å². The third-order valence-electron chi connectivity index (χ3n) is 6.29. The van der Waals surface area contributed by atoms with E-state index in [1.807, 2.05) is 42.6 Å². The number of nitrogens with one attached hydrogen (secondary N) is 2. The highest BCUT2D eigenvalue weighted by atomic mass is 16.5. The number of amidine groups is 1. The SMILES string of the molecule is Cc1cc(C(=N)N)cc(C)c1CNc1cc(OCc2cn3cc(C4CC4)ccc3n2)nc(C(=O)O)n1.O=CO. The molecule has 12 nitrogen and oxygen atoms in total. The van der Waals surface area contributed by atoms with Crippen molar-refractivity contribution in [3.05, 3.63) is 82.1 Å². The molecular formula is C27H29N7O5. The van der Waals surface area contributed by atoms with Gasteiger partial charge in [0.2, 0.25) is 11.7 Å². The first-order valence-electron chi connectivity index (χ1n) is 12.2. The Balaban J connectivity index is 0.00000112. The van der Waals surface area contributed by atoms with Crippen LogP contribution in [-0.4, -0.2) is 47.8 Å². The van der Waals surface area contributed by atoms with Gasteiger partial charge >= 0.3 is 5.97 Å². The van der Waals surface area contributed by atoms with E-state index in [-0.39, 0.29) is 30.6 Å². The Bertz CT molecular complexity index is 1520. The number of carbonyl (C=O) groups is 2. The number of fused-ring (bicyclic) bond motifs is 1. The van der Waals surface area contributed by atoms with E-state index >= 15 is 0 Å². The molecule has 12 heteroatoms. The molecule has 0 atom stereocenters. The topological polar surface area (TPSA) is 189 Å². The van der Waals surface area contributed by atoms with Gasteiger partial charge in [-0.1, -0.05) is 6.07 Å². The molecular weight excluding hydrogens is 502 g/mol. The van der Waals surface area contributed by atoms with Crippen LogP contribution in [0.5, 0.6) is 5.88 Å². The predicted octanol–water partition coefficient (Wildman–Crippen LogP) is 3.49. The quantitative estimate of drug-likeness (QED) is 0.121. The van der Waals surface area contributed by atoms with E-state index in [2.05, 4.69) is 32.5 Å². The molecule has 1 aliphatic rings. The summed E-state index contributed by atoms with van der Waals surface area (Å²) in [7, 11) is 0. The molecule has 0 amide bonds. The van der Waals surface area contributed by atoms with E-state index in [1.54, 1.807) is 6.07 Å². The fourth-order valence-corrected chi connectivity index (χ4v) is 4.23. The number of nitrogen functional groups attached to an aromatic ring is 1. The van der Waals surface area contributed by atoms with Crippen molar-refractivity contribution in [1.82, 2.24) is 19.4 Å². The Morgan fingerprint density at radius 2 is 1.87 bits per heavy atom. The van der Waals surface area contributed by atoms with Gasteiger partial charge in [0.05, 0.1) is 5.69 Å². The van der Waals surface area contributed by atoms with Gasteiger partial charge in [0.15, 0.2) is 0 Å². The van der Waals surface area contributed by atoms with Crippen molar-refractivity contribution in [3.8, 4) is 5.88 Å². The summed E-state index contributed by atoms with van der Waals surface area (Å²) in [5.41, 5.74) is 12.1. The van der Waals surface area contributed by atoms with Gasteiger partial charge in [-0.3, -0.25) is 10.2 Å². The molecule has 1 aliphatic carbocycles. The van der Waals surface area contributed by atoms with Gasteiger partial charge in [0, 0.05) is 30.6 Å². The van der Waals surface area contributed by atoms with Gasteiger partial charge in [-0.05, 0) is 73.1 Å². The highest BCUT2D eigenvalue weighted by molar-refractivity contribution is 5.95. The highest BCUT2D eigenvalue weighted by Crippen LogP contribution is 2.39. The maximum Gasteiger partial charge on any atom is 0.374 e. The van der Waals surface area contributed by atoms with Gasteiger partial charge in [-0.2, -0.15) is 4.98 Å². The van der Waals surface area contributed by atoms with Crippen molar-refractivity contribution in [3.63, 3.8) is 0 Å². The van der Waals surface area contributed by atoms with Crippen LogP contribution in [0, 0.1) is 19.3 Å². The maximum atomic E-state index is 11.6. The van der Waals surface area contributed by atoms with Crippen LogP contribution in [0.3, 0.4) is 0 Å². The lowest BCUT2D eigenvalue weighted by Gasteiger charge is -2.14. The first-order chi connectivity index (χ1) is 18.7. The van der Waals surface area contributed by atoms with Crippen LogP contribution in [-0.2, 0) is 17.9 Å². The van der Waals surface area contributed by atoms with Gasteiger partial charge in [0.1, 0.15) is 23.9 Å². The zero-order valence-corrected chi connectivity index (χ0v) is 21.5. The number of pyridine rings is 1. The van der Waals surface area contributed by atoms with E-state index in [4.69, 9.17) is 25.8 Å². The Morgan fingerprint density at radius 1 is 1.18 bits per heavy atom. The molecule has 1 saturated carbocycles. The highest BCUT2D eigenvalue weighted by Gasteiger charge is 2.23. The number of rotatable bonds is 9. The molecule has 39 heavy (non-hydrogen) atoms. The Kier molecular flexibility index (Phi) is 8.04. The molecule has 0 bridgehead atoms. The third kappa shape index (κ3) is 6.66. The van der Waals surface area contributed by atoms with Crippen LogP contribution in [0.4, 0.5) is 5.82 Å². The van der Waals surface area contributed by atoms with E-state index in [0.717, 1.165) is 22.3 Å². The number of carboxylic acid groups (broad SMARTS) is 2. The number of hydrogen-bond donors (Lipinski definition) is 5. The van der Waals surface area contributed by atoms with Crippen molar-refractivity contribution in [2.75, 3.05) is 5.32 Å². The normalized spacial score (nSPS) is 12.4. The monoisotopic (exact) mass is 531 g/mol. The fraction of sp³-hybridized carbons (Fsp3) is 0.259. The van der Waals surface area contributed by atoms with E-state index in [9.17, 15) is 9.90 Å². The molecule has 1 fully saturated rings. The number of hydrogen-bond acceptors (Lipinski definition) is 8. The summed E-state index contributed by atoms with van der Waals surface area (Å²) in [6.07, 6.45) is 6.48. The summed E-state index contributed by atoms with van der Waals surface area (Å²) in [5.74, 6) is -0.478. The molecule has 1 aromatic carbocycles. The molecule has 0 unspecified atom stereocenters. The summed E-state index contributed by atoms with van der Waals surface area (Å²) < 4.78 is 7.81. The zero-order chi connectivity index (χ0) is 28.1. The summed E-state index contributed by atoms with van der Waals surface area (Å²) in [4.78, 5) is 32.7. The number of benzene rings is 1. The molecule has 5 rings (SSSR count). The average Bonchev–Trinajstić information content (AvgIpc) is 3.66. The van der Waals surface area contributed by atoms with E-state index < -0.39 is 5.97 Å². The number of nitrogens with zero attached hydrogens (tertiary/aromatic N) is 4. The van der Waals surface area contributed by atoms with E-state index in [0.29, 0.717) is 29.5 Å². The second-order valence-electron chi connectivity index (χ2n) is 9.20. The molecule has 0 aliphatic heterocycles. The molecule has 4 aromatic rings. The summed E-state index contributed by atoms with van der Waals surface area (Å²) >= 11 is 0. The number of aromatic carboxylic acids is 1. The lowest BCUT2D eigenvalue weighted by atomic mass is 9.99. The van der Waals surface area contributed by atoms with E-state index in [1.165, 1.54) is 18.4 Å². The van der Waals surface area contributed by atoms with Crippen LogP contribution in [0.2, 0.25) is 0 Å². The number of aromatic nitrogens is 4. The number of nitrogens with two attached hydrogens (primary N) is 1. The Morgan fingerprint density at radius 3 is 2.49 bits per heavy atom. The lowest BCUT2D eigenvalue weighted by molar-refractivity contribution is -0.122. The fourth-order valence-electron chi connectivity index (χ4n) is 4.23. The number of aryl methyl sites for hydroxylation is 2. The third-order valence-corrected chi connectivity index (χ3v) is 6.29. The first kappa shape index (κ1) is 27.0. The minimum atomic E-state index is -1.25. The average molecular weight is 532 g/mol. The number of carboxylic acids is 1. The van der Waals surface area contributed by atoms with Crippen molar-refractivity contribution in [2.45, 2.75) is 45.8 Å². The van der Waals surface area contributed by atoms with Gasteiger partial charge in [-0.15, -0.1) is 0 Å². The van der Waals surface area contributed by atoms with Crippen molar-refractivity contribution < 1.29 is 24.5 Å². The Hall–Kier alpha value is -5.00. The van der Waals surface area contributed by atoms with Gasteiger partial charge < -0.3 is 30.4 Å². The summed E-state index contributed by atoms with van der Waals surface area (Å²) in [6.45, 7) is 4.17. The van der Waals surface area contributed by atoms with Crippen LogP contribution < -0.4 is 15.8 Å². The molecule has 3 heterocycles. The van der Waals surface area contributed by atoms with Crippen LogP contribution >= 0.6 is 0 Å². The molecule has 0 saturated heterocycles. The molecule has 202 valence electrons. The second-order valence-corrected chi connectivity index (χ2v) is 9.20. The lowest BCUT2D eigenvalue weighted by Crippen LogP contribution is -2.14.